The fourth-order valence-corrected chi connectivity index (χ4v) is 4.21. The second-order valence-electron chi connectivity index (χ2n) is 11.8. The molecule has 0 heterocycles. The maximum Gasteiger partial charge on any atom is 0.114 e. The molecule has 5 nitrogen and oxygen atoms in total. The molecular weight excluding hydrogens is 452 g/mol. The van der Waals surface area contributed by atoms with Crippen LogP contribution in [0.15, 0.2) is 48.5 Å². The zero-order valence-electron chi connectivity index (χ0n) is 23.8. The third-order valence-electron chi connectivity index (χ3n) is 6.80. The van der Waals surface area contributed by atoms with Crippen molar-refractivity contribution in [2.45, 2.75) is 97.1 Å². The van der Waals surface area contributed by atoms with E-state index in [1.54, 1.807) is 6.92 Å². The van der Waals surface area contributed by atoms with Crippen molar-refractivity contribution < 1.29 is 24.4 Å². The van der Waals surface area contributed by atoms with Gasteiger partial charge in [-0.2, -0.15) is 0 Å². The van der Waals surface area contributed by atoms with E-state index in [9.17, 15) is 10.2 Å². The molecule has 2 aromatic carbocycles. The van der Waals surface area contributed by atoms with Crippen molar-refractivity contribution >= 4 is 0 Å². The standard InChI is InChI=1S/C31H48O5/c1-22(33)18-34-23(2)19-35-24(3)20-36-31(9,21-32)27-16-15-26(29(4,5)6)17-28(27)30(7,8)25-13-11-10-12-14-25/h10-17,22-24,32-33H,18-21H2,1-9H3. The lowest BCUT2D eigenvalue weighted by atomic mass is 9.71. The normalized spacial score (nSPS) is 16.9. The average Bonchev–Trinajstić information content (AvgIpc) is 2.84. The van der Waals surface area contributed by atoms with Crippen LogP contribution in [0.25, 0.3) is 0 Å². The average molecular weight is 501 g/mol. The van der Waals surface area contributed by atoms with Gasteiger partial charge in [0.25, 0.3) is 0 Å². The first-order valence-electron chi connectivity index (χ1n) is 13.1. The van der Waals surface area contributed by atoms with Gasteiger partial charge in [-0.1, -0.05) is 83.1 Å². The van der Waals surface area contributed by atoms with Crippen molar-refractivity contribution in [1.82, 2.24) is 0 Å². The summed E-state index contributed by atoms with van der Waals surface area (Å²) >= 11 is 0. The smallest absolute Gasteiger partial charge is 0.114 e. The summed E-state index contributed by atoms with van der Waals surface area (Å²) in [6.45, 7) is 19.5. The first-order chi connectivity index (χ1) is 16.7. The van der Waals surface area contributed by atoms with Crippen molar-refractivity contribution in [1.29, 1.82) is 0 Å². The van der Waals surface area contributed by atoms with E-state index < -0.39 is 11.7 Å². The molecule has 4 unspecified atom stereocenters. The first kappa shape index (κ1) is 30.5. The summed E-state index contributed by atoms with van der Waals surface area (Å²) in [5.41, 5.74) is 3.37. The van der Waals surface area contributed by atoms with Gasteiger partial charge in [0, 0.05) is 5.41 Å². The van der Waals surface area contributed by atoms with Gasteiger partial charge in [-0.3, -0.25) is 0 Å². The van der Waals surface area contributed by atoms with Gasteiger partial charge in [-0.25, -0.2) is 0 Å². The summed E-state index contributed by atoms with van der Waals surface area (Å²) in [5.74, 6) is 0. The second-order valence-corrected chi connectivity index (χ2v) is 11.8. The van der Waals surface area contributed by atoms with Crippen LogP contribution in [0.4, 0.5) is 0 Å². The van der Waals surface area contributed by atoms with Crippen molar-refractivity contribution in [2.75, 3.05) is 26.4 Å². The number of hydrogen-bond acceptors (Lipinski definition) is 5. The summed E-state index contributed by atoms with van der Waals surface area (Å²) in [4.78, 5) is 0. The molecule has 0 aliphatic heterocycles. The maximum atomic E-state index is 10.6. The van der Waals surface area contributed by atoms with Gasteiger partial charge in [0.05, 0.1) is 44.7 Å². The highest BCUT2D eigenvalue weighted by Crippen LogP contribution is 2.41. The van der Waals surface area contributed by atoms with E-state index in [0.717, 1.165) is 11.1 Å². The van der Waals surface area contributed by atoms with E-state index in [-0.39, 0.29) is 36.3 Å². The van der Waals surface area contributed by atoms with Crippen LogP contribution in [0, 0.1) is 0 Å². The van der Waals surface area contributed by atoms with Crippen LogP contribution in [-0.4, -0.2) is 55.0 Å². The Balaban J connectivity index is 2.31. The molecule has 0 fully saturated rings. The molecule has 2 aromatic rings. The van der Waals surface area contributed by atoms with E-state index in [1.165, 1.54) is 11.1 Å². The van der Waals surface area contributed by atoms with Gasteiger partial charge < -0.3 is 24.4 Å². The minimum absolute atomic E-state index is 0.00847. The van der Waals surface area contributed by atoms with Gasteiger partial charge in [-0.05, 0) is 55.4 Å². The Morgan fingerprint density at radius 1 is 0.722 bits per heavy atom. The van der Waals surface area contributed by atoms with Crippen LogP contribution in [0.1, 0.15) is 84.6 Å². The molecule has 0 amide bonds. The molecule has 0 aliphatic rings. The summed E-state index contributed by atoms with van der Waals surface area (Å²) in [5, 5.41) is 20.0. The molecule has 4 atom stereocenters. The largest absolute Gasteiger partial charge is 0.393 e. The van der Waals surface area contributed by atoms with Gasteiger partial charge in [0.15, 0.2) is 0 Å². The van der Waals surface area contributed by atoms with Gasteiger partial charge in [0.2, 0.25) is 0 Å². The van der Waals surface area contributed by atoms with E-state index in [1.807, 2.05) is 26.8 Å². The highest BCUT2D eigenvalue weighted by Gasteiger charge is 2.36. The number of rotatable bonds is 13. The Labute approximate surface area is 218 Å². The van der Waals surface area contributed by atoms with Crippen LogP contribution < -0.4 is 0 Å². The van der Waals surface area contributed by atoms with Gasteiger partial charge >= 0.3 is 0 Å². The molecule has 2 N–H and O–H groups in total. The molecule has 2 rings (SSSR count). The molecule has 0 radical (unpaired) electrons. The van der Waals surface area contributed by atoms with E-state index in [4.69, 9.17) is 14.2 Å². The summed E-state index contributed by atoms with van der Waals surface area (Å²) < 4.78 is 17.9. The minimum Gasteiger partial charge on any atom is -0.393 e. The molecule has 202 valence electrons. The van der Waals surface area contributed by atoms with E-state index in [2.05, 4.69) is 77.1 Å². The zero-order chi connectivity index (χ0) is 27.1. The van der Waals surface area contributed by atoms with Crippen molar-refractivity contribution in [3.8, 4) is 0 Å². The number of hydrogen-bond donors (Lipinski definition) is 2. The number of aliphatic hydroxyl groups excluding tert-OH is 2. The Hall–Kier alpha value is -1.76. The first-order valence-corrected chi connectivity index (χ1v) is 13.1. The van der Waals surface area contributed by atoms with Gasteiger partial charge in [0.1, 0.15) is 5.60 Å². The van der Waals surface area contributed by atoms with Crippen molar-refractivity contribution in [3.63, 3.8) is 0 Å². The molecule has 5 heteroatoms. The number of aliphatic hydroxyl groups is 2. The van der Waals surface area contributed by atoms with E-state index >= 15 is 0 Å². The molecule has 36 heavy (non-hydrogen) atoms. The van der Waals surface area contributed by atoms with Gasteiger partial charge in [-0.15, -0.1) is 0 Å². The Kier molecular flexibility index (Phi) is 10.7. The molecular formula is C31H48O5. The Morgan fingerprint density at radius 3 is 1.86 bits per heavy atom. The quantitative estimate of drug-likeness (QED) is 0.368. The number of ether oxygens (including phenoxy) is 3. The van der Waals surface area contributed by atoms with Crippen LogP contribution in [0.3, 0.4) is 0 Å². The van der Waals surface area contributed by atoms with Crippen molar-refractivity contribution in [3.05, 3.63) is 70.8 Å². The topological polar surface area (TPSA) is 68.2 Å². The second kappa shape index (κ2) is 12.7. The lowest BCUT2D eigenvalue weighted by Crippen LogP contribution is -2.37. The van der Waals surface area contributed by atoms with Crippen LogP contribution in [0.5, 0.6) is 0 Å². The predicted octanol–water partition coefficient (Wildman–Crippen LogP) is 5.73. The molecule has 0 spiro atoms. The molecule has 0 bridgehead atoms. The summed E-state index contributed by atoms with van der Waals surface area (Å²) in [7, 11) is 0. The minimum atomic E-state index is -0.899. The van der Waals surface area contributed by atoms with Crippen molar-refractivity contribution in [2.24, 2.45) is 0 Å². The third kappa shape index (κ3) is 8.12. The highest BCUT2D eigenvalue weighted by molar-refractivity contribution is 5.47. The summed E-state index contributed by atoms with van der Waals surface area (Å²) in [6.07, 6.45) is -0.820. The lowest BCUT2D eigenvalue weighted by molar-refractivity contribution is -0.121. The van der Waals surface area contributed by atoms with E-state index in [0.29, 0.717) is 13.2 Å². The fourth-order valence-electron chi connectivity index (χ4n) is 4.21. The van der Waals surface area contributed by atoms with Crippen LogP contribution >= 0.6 is 0 Å². The Morgan fingerprint density at radius 2 is 1.31 bits per heavy atom. The monoisotopic (exact) mass is 500 g/mol. The number of benzene rings is 2. The molecule has 0 saturated heterocycles. The Bertz CT molecular complexity index is 932. The lowest BCUT2D eigenvalue weighted by Gasteiger charge is -2.38. The predicted molar refractivity (Wildman–Crippen MR) is 147 cm³/mol. The molecule has 0 aliphatic carbocycles. The highest BCUT2D eigenvalue weighted by atomic mass is 16.6. The molecule has 0 aromatic heterocycles. The third-order valence-corrected chi connectivity index (χ3v) is 6.80. The van der Waals surface area contributed by atoms with Crippen LogP contribution in [-0.2, 0) is 30.6 Å². The fraction of sp³-hybridized carbons (Fsp3) is 0.613. The SMILES string of the molecule is CC(O)COC(C)COC(C)COC(C)(CO)c1ccc(C(C)(C)C)cc1C(C)(C)c1ccccc1. The maximum absolute atomic E-state index is 10.6. The molecule has 0 saturated carbocycles. The zero-order valence-corrected chi connectivity index (χ0v) is 23.8. The van der Waals surface area contributed by atoms with Crippen LogP contribution in [0.2, 0.25) is 0 Å². The summed E-state index contributed by atoms with van der Waals surface area (Å²) in [6, 6.07) is 17.0.